The molecule has 1 aromatic carbocycles. The molecule has 3 amide bonds. The number of hydrogen-bond acceptors (Lipinski definition) is 5. The van der Waals surface area contributed by atoms with E-state index in [1.165, 1.54) is 17.0 Å². The van der Waals surface area contributed by atoms with Crippen molar-refractivity contribution in [2.75, 3.05) is 23.7 Å². The van der Waals surface area contributed by atoms with Crippen molar-refractivity contribution in [3.63, 3.8) is 0 Å². The summed E-state index contributed by atoms with van der Waals surface area (Å²) in [5, 5.41) is 5.08. The minimum absolute atomic E-state index is 0.105. The van der Waals surface area contributed by atoms with Gasteiger partial charge in [-0.1, -0.05) is 0 Å². The van der Waals surface area contributed by atoms with E-state index < -0.39 is 35.1 Å². The lowest BCUT2D eigenvalue weighted by Crippen LogP contribution is -2.45. The fourth-order valence-electron chi connectivity index (χ4n) is 3.04. The Hall–Kier alpha value is -2.84. The van der Waals surface area contributed by atoms with E-state index in [2.05, 4.69) is 10.6 Å². The predicted octanol–water partition coefficient (Wildman–Crippen LogP) is 4.76. The van der Waals surface area contributed by atoms with Crippen LogP contribution in [0.5, 0.6) is 0 Å². The second kappa shape index (κ2) is 9.53. The lowest BCUT2D eigenvalue weighted by atomic mass is 9.97. The van der Waals surface area contributed by atoms with E-state index in [1.54, 1.807) is 41.5 Å². The number of carbonyl (C=O) groups is 3. The molecule has 1 heterocycles. The van der Waals surface area contributed by atoms with Gasteiger partial charge in [-0.05, 0) is 72.6 Å². The zero-order chi connectivity index (χ0) is 23.4. The molecule has 1 aromatic rings. The molecule has 1 fully saturated rings. The van der Waals surface area contributed by atoms with Gasteiger partial charge in [-0.2, -0.15) is 0 Å². The molecule has 1 aliphatic heterocycles. The van der Waals surface area contributed by atoms with Crippen LogP contribution in [0.1, 0.15) is 54.4 Å². The summed E-state index contributed by atoms with van der Waals surface area (Å²) in [6.45, 7) is 11.2. The van der Waals surface area contributed by atoms with Crippen LogP contribution >= 0.6 is 0 Å². The van der Waals surface area contributed by atoms with Gasteiger partial charge in [0.25, 0.3) is 0 Å². The van der Waals surface area contributed by atoms with Crippen LogP contribution in [0.4, 0.5) is 25.4 Å². The number of benzene rings is 1. The maximum atomic E-state index is 14.1. The van der Waals surface area contributed by atoms with Gasteiger partial charge in [-0.15, -0.1) is 0 Å². The Bertz CT molecular complexity index is 829. The Kier molecular flexibility index (Phi) is 7.51. The van der Waals surface area contributed by atoms with Crippen LogP contribution in [-0.4, -0.2) is 47.3 Å². The average Bonchev–Trinajstić information content (AvgIpc) is 2.61. The first-order chi connectivity index (χ1) is 14.2. The Balaban J connectivity index is 2.01. The van der Waals surface area contributed by atoms with E-state index >= 15 is 0 Å². The highest BCUT2D eigenvalue weighted by molar-refractivity contribution is 5.94. The Labute approximate surface area is 182 Å². The van der Waals surface area contributed by atoms with Crippen molar-refractivity contribution in [1.82, 2.24) is 4.90 Å². The Morgan fingerprint density at radius 2 is 1.68 bits per heavy atom. The molecule has 0 aliphatic carbocycles. The summed E-state index contributed by atoms with van der Waals surface area (Å²) in [5.74, 6) is -1.37. The largest absolute Gasteiger partial charge is 0.444 e. The molecule has 2 rings (SSSR count). The van der Waals surface area contributed by atoms with E-state index in [0.717, 1.165) is 6.07 Å². The smallest absolute Gasteiger partial charge is 0.412 e. The monoisotopic (exact) mass is 437 g/mol. The quantitative estimate of drug-likeness (QED) is 0.711. The zero-order valence-electron chi connectivity index (χ0n) is 19.0. The molecule has 2 N–H and O–H groups in total. The first-order valence-corrected chi connectivity index (χ1v) is 10.3. The van der Waals surface area contributed by atoms with Gasteiger partial charge < -0.3 is 19.7 Å². The third kappa shape index (κ3) is 8.07. The highest BCUT2D eigenvalue weighted by atomic mass is 19.1. The fraction of sp³-hybridized carbons (Fsp3) is 0.591. The van der Waals surface area contributed by atoms with Crippen LogP contribution in [0.3, 0.4) is 0 Å². The molecule has 1 atom stereocenters. The van der Waals surface area contributed by atoms with Crippen molar-refractivity contribution in [2.45, 2.75) is 65.6 Å². The number of piperidine rings is 1. The maximum Gasteiger partial charge on any atom is 0.412 e. The van der Waals surface area contributed by atoms with Crippen molar-refractivity contribution in [3.8, 4) is 0 Å². The van der Waals surface area contributed by atoms with E-state index in [9.17, 15) is 18.8 Å². The van der Waals surface area contributed by atoms with Crippen molar-refractivity contribution in [1.29, 1.82) is 0 Å². The summed E-state index contributed by atoms with van der Waals surface area (Å²) in [5.41, 5.74) is -1.12. The first-order valence-electron chi connectivity index (χ1n) is 10.3. The van der Waals surface area contributed by atoms with Gasteiger partial charge in [-0.3, -0.25) is 10.1 Å². The standard InChI is InChI=1S/C22H32FN3O5/c1-21(2,3)30-19(28)25-17-12-15(9-10-16(17)23)24-18(27)14-8-7-11-26(13-14)20(29)31-22(4,5)6/h9-10,12,14H,7-8,11,13H2,1-6H3,(H,24,27)(H,25,28). The molecule has 0 aromatic heterocycles. The second-order valence-corrected chi connectivity index (χ2v) is 9.58. The van der Waals surface area contributed by atoms with Gasteiger partial charge in [0.05, 0.1) is 11.6 Å². The molecule has 172 valence electrons. The summed E-state index contributed by atoms with van der Waals surface area (Å²) < 4.78 is 24.6. The lowest BCUT2D eigenvalue weighted by molar-refractivity contribution is -0.121. The molecule has 31 heavy (non-hydrogen) atoms. The lowest BCUT2D eigenvalue weighted by Gasteiger charge is -2.33. The summed E-state index contributed by atoms with van der Waals surface area (Å²) in [4.78, 5) is 38.5. The molecule has 1 unspecified atom stereocenters. The number of hydrogen-bond donors (Lipinski definition) is 2. The van der Waals surface area contributed by atoms with E-state index in [4.69, 9.17) is 9.47 Å². The van der Waals surface area contributed by atoms with Crippen LogP contribution < -0.4 is 10.6 Å². The molecule has 1 aliphatic rings. The van der Waals surface area contributed by atoms with Gasteiger partial charge in [-0.25, -0.2) is 14.0 Å². The molecule has 0 radical (unpaired) electrons. The number of nitrogens with one attached hydrogen (secondary N) is 2. The molecule has 1 saturated heterocycles. The number of nitrogens with zero attached hydrogens (tertiary/aromatic N) is 1. The van der Waals surface area contributed by atoms with Gasteiger partial charge >= 0.3 is 12.2 Å². The highest BCUT2D eigenvalue weighted by Crippen LogP contribution is 2.24. The third-order valence-electron chi connectivity index (χ3n) is 4.31. The van der Waals surface area contributed by atoms with Crippen molar-refractivity contribution in [3.05, 3.63) is 24.0 Å². The highest BCUT2D eigenvalue weighted by Gasteiger charge is 2.31. The van der Waals surface area contributed by atoms with Crippen molar-refractivity contribution >= 4 is 29.5 Å². The number of halogens is 1. The summed E-state index contributed by atoms with van der Waals surface area (Å²) in [6, 6.07) is 3.88. The molecule has 0 saturated carbocycles. The first kappa shape index (κ1) is 24.4. The van der Waals surface area contributed by atoms with Crippen molar-refractivity contribution < 1.29 is 28.2 Å². The molecule has 0 bridgehead atoms. The number of likely N-dealkylation sites (tertiary alicyclic amines) is 1. The maximum absolute atomic E-state index is 14.1. The summed E-state index contributed by atoms with van der Waals surface area (Å²) in [7, 11) is 0. The van der Waals surface area contributed by atoms with Gasteiger partial charge in [0.2, 0.25) is 5.91 Å². The van der Waals surface area contributed by atoms with Gasteiger partial charge in [0.1, 0.15) is 17.0 Å². The summed E-state index contributed by atoms with van der Waals surface area (Å²) >= 11 is 0. The van der Waals surface area contributed by atoms with Crippen LogP contribution in [0.15, 0.2) is 18.2 Å². The van der Waals surface area contributed by atoms with Gasteiger partial charge in [0, 0.05) is 18.8 Å². The number of rotatable bonds is 3. The molecular formula is C22H32FN3O5. The minimum Gasteiger partial charge on any atom is -0.444 e. The van der Waals surface area contributed by atoms with Crippen molar-refractivity contribution in [2.24, 2.45) is 5.92 Å². The SMILES string of the molecule is CC(C)(C)OC(=O)Nc1cc(NC(=O)C2CCCN(C(=O)OC(C)(C)C)C2)ccc1F. The second-order valence-electron chi connectivity index (χ2n) is 9.58. The van der Waals surface area contributed by atoms with Gasteiger partial charge in [0.15, 0.2) is 0 Å². The van der Waals surface area contributed by atoms with Crippen LogP contribution in [0.25, 0.3) is 0 Å². The molecule has 9 heteroatoms. The topological polar surface area (TPSA) is 97.0 Å². The normalized spacial score (nSPS) is 17.0. The third-order valence-corrected chi connectivity index (χ3v) is 4.31. The Morgan fingerprint density at radius 3 is 2.29 bits per heavy atom. The van der Waals surface area contributed by atoms with Crippen LogP contribution in [0.2, 0.25) is 0 Å². The van der Waals surface area contributed by atoms with Crippen LogP contribution in [0, 0.1) is 11.7 Å². The Morgan fingerprint density at radius 1 is 1.03 bits per heavy atom. The summed E-state index contributed by atoms with van der Waals surface area (Å²) in [6.07, 6.45) is 0.0486. The molecule has 8 nitrogen and oxygen atoms in total. The van der Waals surface area contributed by atoms with E-state index in [0.29, 0.717) is 25.1 Å². The number of anilines is 2. The predicted molar refractivity (Wildman–Crippen MR) is 115 cm³/mol. The molecular weight excluding hydrogens is 405 g/mol. The van der Waals surface area contributed by atoms with Crippen LogP contribution in [-0.2, 0) is 14.3 Å². The van der Waals surface area contributed by atoms with E-state index in [-0.39, 0.29) is 18.1 Å². The fourth-order valence-corrected chi connectivity index (χ4v) is 3.04. The number of amides is 3. The number of ether oxygens (including phenoxy) is 2. The number of carbonyl (C=O) groups excluding carboxylic acids is 3. The minimum atomic E-state index is -0.796. The van der Waals surface area contributed by atoms with E-state index in [1.807, 2.05) is 0 Å². The molecule has 0 spiro atoms. The average molecular weight is 438 g/mol. The zero-order valence-corrected chi connectivity index (χ0v) is 19.0.